The largest absolute Gasteiger partial charge is 0.381 e. The van der Waals surface area contributed by atoms with Crippen LogP contribution >= 0.6 is 0 Å². The van der Waals surface area contributed by atoms with Crippen LogP contribution in [0, 0.1) is 11.7 Å². The van der Waals surface area contributed by atoms with Crippen molar-refractivity contribution in [2.75, 3.05) is 26.8 Å². The molecule has 2 N–H and O–H groups in total. The van der Waals surface area contributed by atoms with Crippen molar-refractivity contribution in [2.45, 2.75) is 72.2 Å². The highest BCUT2D eigenvalue weighted by Crippen LogP contribution is 2.20. The summed E-state index contributed by atoms with van der Waals surface area (Å²) in [6.07, 6.45) is 3.92. The lowest BCUT2D eigenvalue weighted by Gasteiger charge is -2.33. The number of aliphatic imine (C=N–C) groups is 1. The maximum Gasteiger partial charge on any atom is 0.237 e. The highest BCUT2D eigenvalue weighted by molar-refractivity contribution is 6.26. The molecule has 0 aliphatic carbocycles. The molecule has 34 heavy (non-hydrogen) atoms. The number of halogens is 1. The van der Waals surface area contributed by atoms with E-state index in [4.69, 9.17) is 9.57 Å². The maximum atomic E-state index is 12.6. The first-order valence-electron chi connectivity index (χ1n) is 11.9. The van der Waals surface area contributed by atoms with Crippen LogP contribution < -0.4 is 10.8 Å². The highest BCUT2D eigenvalue weighted by atomic mass is 19.1. The van der Waals surface area contributed by atoms with Gasteiger partial charge in [-0.2, -0.15) is 0 Å². The first-order valence-corrected chi connectivity index (χ1v) is 11.9. The number of piperazine rings is 1. The molecule has 1 aromatic carbocycles. The number of hydroxylamine groups is 1. The third-order valence-electron chi connectivity index (χ3n) is 4.87. The molecule has 4 rings (SSSR count). The predicted molar refractivity (Wildman–Crippen MR) is 132 cm³/mol. The summed E-state index contributed by atoms with van der Waals surface area (Å²) in [5.74, 6) is 0.792. The zero-order valence-electron chi connectivity index (χ0n) is 21.3. The molecule has 0 saturated carbocycles. The molecule has 3 aliphatic rings. The minimum absolute atomic E-state index is 0.0381. The molecule has 9 heteroatoms. The number of nitrogens with one attached hydrogen (secondary N) is 2. The molecule has 2 saturated heterocycles. The standard InChI is InChI=1S/C9H7FN2O2.C7H14N2O.C5H10O.C4H10/c10-7-3-1-6(2-4-7)9-11-8(5-13)12-14-9;1-5-4-9(3)6(2)7(10)8-5;1-2-4-6-5-3-1;1-4(2)3/h1-5,9H,(H,11,12);5-6H,4H2,1-3H3,(H,8,10);1-5H2;4H,1-3H3. The molecular formula is C25H41FN4O4. The van der Waals surface area contributed by atoms with Crippen LogP contribution in [0.4, 0.5) is 4.39 Å². The fourth-order valence-corrected chi connectivity index (χ4v) is 3.01. The van der Waals surface area contributed by atoms with Crippen LogP contribution in [0.2, 0.25) is 0 Å². The molecule has 8 nitrogen and oxygen atoms in total. The fourth-order valence-electron chi connectivity index (χ4n) is 3.01. The van der Waals surface area contributed by atoms with Gasteiger partial charge in [0, 0.05) is 31.4 Å². The number of hydrogen-bond donors (Lipinski definition) is 2. The molecule has 3 unspecified atom stereocenters. The van der Waals surface area contributed by atoms with Gasteiger partial charge < -0.3 is 10.1 Å². The van der Waals surface area contributed by atoms with E-state index in [0.29, 0.717) is 17.9 Å². The summed E-state index contributed by atoms with van der Waals surface area (Å²) < 4.78 is 17.6. The first-order chi connectivity index (χ1) is 16.1. The van der Waals surface area contributed by atoms with Crippen molar-refractivity contribution in [1.29, 1.82) is 0 Å². The van der Waals surface area contributed by atoms with E-state index in [2.05, 4.69) is 41.5 Å². The van der Waals surface area contributed by atoms with Gasteiger partial charge in [0.1, 0.15) is 5.82 Å². The number of carbonyl (C=O) groups is 2. The number of aldehydes is 1. The first kappa shape index (κ1) is 29.7. The molecule has 0 spiro atoms. The second-order valence-corrected chi connectivity index (χ2v) is 9.19. The van der Waals surface area contributed by atoms with E-state index in [1.54, 1.807) is 12.1 Å². The Labute approximate surface area is 203 Å². The zero-order valence-corrected chi connectivity index (χ0v) is 21.3. The van der Waals surface area contributed by atoms with Crippen molar-refractivity contribution in [3.05, 3.63) is 35.6 Å². The van der Waals surface area contributed by atoms with Crippen molar-refractivity contribution in [3.8, 4) is 0 Å². The van der Waals surface area contributed by atoms with Crippen molar-refractivity contribution >= 4 is 18.0 Å². The van der Waals surface area contributed by atoms with Gasteiger partial charge in [0.15, 0.2) is 12.1 Å². The average molecular weight is 481 g/mol. The molecule has 3 atom stereocenters. The number of nitrogens with zero attached hydrogens (tertiary/aromatic N) is 2. The van der Waals surface area contributed by atoms with Gasteiger partial charge >= 0.3 is 0 Å². The molecule has 2 fully saturated rings. The van der Waals surface area contributed by atoms with Gasteiger partial charge in [-0.15, -0.1) is 0 Å². The Morgan fingerprint density at radius 3 is 2.12 bits per heavy atom. The van der Waals surface area contributed by atoms with Crippen molar-refractivity contribution < 1.29 is 23.6 Å². The van der Waals surface area contributed by atoms with Gasteiger partial charge in [-0.05, 0) is 58.2 Å². The number of hydrogen-bond acceptors (Lipinski definition) is 7. The van der Waals surface area contributed by atoms with Crippen LogP contribution in [0.1, 0.15) is 65.7 Å². The van der Waals surface area contributed by atoms with E-state index in [1.165, 1.54) is 31.4 Å². The van der Waals surface area contributed by atoms with E-state index < -0.39 is 6.23 Å². The number of carbonyl (C=O) groups excluding carboxylic acids is 2. The van der Waals surface area contributed by atoms with E-state index in [9.17, 15) is 14.0 Å². The summed E-state index contributed by atoms with van der Waals surface area (Å²) in [6, 6.07) is 6.07. The van der Waals surface area contributed by atoms with Crippen molar-refractivity contribution in [3.63, 3.8) is 0 Å². The summed E-state index contributed by atoms with van der Waals surface area (Å²) in [5, 5.41) is 2.88. The zero-order chi connectivity index (χ0) is 25.5. The van der Waals surface area contributed by atoms with Crippen molar-refractivity contribution in [1.82, 2.24) is 15.7 Å². The third kappa shape index (κ3) is 12.2. The third-order valence-corrected chi connectivity index (χ3v) is 4.87. The molecule has 1 aromatic rings. The van der Waals surface area contributed by atoms with Gasteiger partial charge in [0.25, 0.3) is 0 Å². The normalized spacial score (nSPS) is 24.1. The van der Waals surface area contributed by atoms with Gasteiger partial charge in [-0.25, -0.2) is 19.7 Å². The lowest BCUT2D eigenvalue weighted by molar-refractivity contribution is -0.128. The monoisotopic (exact) mass is 480 g/mol. The van der Waals surface area contributed by atoms with Gasteiger partial charge in [-0.1, -0.05) is 32.9 Å². The topological polar surface area (TPSA) is 92.3 Å². The summed E-state index contributed by atoms with van der Waals surface area (Å²) in [4.78, 5) is 32.3. The Kier molecular flexibility index (Phi) is 14.2. The Hall–Kier alpha value is -2.36. The highest BCUT2D eigenvalue weighted by Gasteiger charge is 2.25. The summed E-state index contributed by atoms with van der Waals surface area (Å²) >= 11 is 0. The Morgan fingerprint density at radius 2 is 1.71 bits per heavy atom. The van der Waals surface area contributed by atoms with Crippen molar-refractivity contribution in [2.24, 2.45) is 10.9 Å². The number of amides is 1. The smallest absolute Gasteiger partial charge is 0.237 e. The number of benzene rings is 1. The summed E-state index contributed by atoms with van der Waals surface area (Å²) in [5.41, 5.74) is 3.05. The van der Waals surface area contributed by atoms with Gasteiger partial charge in [-0.3, -0.25) is 14.5 Å². The van der Waals surface area contributed by atoms with Crippen LogP contribution in [0.15, 0.2) is 29.3 Å². The number of likely N-dealkylation sites (N-methyl/N-ethyl adjacent to an activating group) is 1. The molecule has 3 heterocycles. The van der Waals surface area contributed by atoms with E-state index in [1.807, 2.05) is 20.9 Å². The molecule has 192 valence electrons. The van der Waals surface area contributed by atoms with Gasteiger partial charge in [0.2, 0.25) is 12.1 Å². The minimum Gasteiger partial charge on any atom is -0.381 e. The Bertz CT molecular complexity index is 740. The SMILES string of the molecule is C1CCOCC1.CC(C)C.CC1CN(C)C(C)C(=O)N1.O=CC1=NC(c2ccc(F)cc2)ON1. The molecule has 3 aliphatic heterocycles. The second kappa shape index (κ2) is 16.3. The van der Waals surface area contributed by atoms with Crippen LogP contribution in [-0.2, 0) is 19.2 Å². The summed E-state index contributed by atoms with van der Waals surface area (Å²) in [7, 11) is 1.97. The van der Waals surface area contributed by atoms with E-state index >= 15 is 0 Å². The lowest BCUT2D eigenvalue weighted by atomic mass is 10.1. The van der Waals surface area contributed by atoms with Crippen LogP contribution in [0.3, 0.4) is 0 Å². The molecule has 0 bridgehead atoms. The second-order valence-electron chi connectivity index (χ2n) is 9.19. The predicted octanol–water partition coefficient (Wildman–Crippen LogP) is 3.63. The van der Waals surface area contributed by atoms with E-state index in [-0.39, 0.29) is 23.6 Å². The number of rotatable bonds is 2. The average Bonchev–Trinajstić information content (AvgIpc) is 3.29. The molecular weight excluding hydrogens is 439 g/mol. The van der Waals surface area contributed by atoms with E-state index in [0.717, 1.165) is 25.7 Å². The number of amidine groups is 1. The minimum atomic E-state index is -0.573. The molecule has 0 aromatic heterocycles. The number of ether oxygens (including phenoxy) is 1. The summed E-state index contributed by atoms with van der Waals surface area (Å²) in [6.45, 7) is 13.4. The van der Waals surface area contributed by atoms with Crippen LogP contribution in [-0.4, -0.2) is 61.8 Å². The fraction of sp³-hybridized carbons (Fsp3) is 0.640. The Balaban J connectivity index is 0.000000252. The molecule has 0 radical (unpaired) electrons. The van der Waals surface area contributed by atoms with Gasteiger partial charge in [0.05, 0.1) is 6.04 Å². The lowest BCUT2D eigenvalue weighted by Crippen LogP contribution is -2.56. The quantitative estimate of drug-likeness (QED) is 0.628. The van der Waals surface area contributed by atoms with Crippen LogP contribution in [0.5, 0.6) is 0 Å². The maximum absolute atomic E-state index is 12.6. The molecule has 1 amide bonds. The van der Waals surface area contributed by atoms with Crippen LogP contribution in [0.25, 0.3) is 0 Å². The Morgan fingerprint density at radius 1 is 1.12 bits per heavy atom.